The second-order valence-electron chi connectivity index (χ2n) is 4.38. The number of likely N-dealkylation sites (N-methyl/N-ethyl adjacent to an activating group) is 1. The van der Waals surface area contributed by atoms with Gasteiger partial charge in [-0.1, -0.05) is 0 Å². The maximum Gasteiger partial charge on any atom is 0.246 e. The molecule has 0 saturated carbocycles. The fraction of sp³-hybridized carbons (Fsp3) is 0.500. The Labute approximate surface area is 118 Å². The van der Waals surface area contributed by atoms with Gasteiger partial charge in [-0.05, 0) is 35.3 Å². The summed E-state index contributed by atoms with van der Waals surface area (Å²) in [4.78, 5) is 26.8. The van der Waals surface area contributed by atoms with Crippen LogP contribution in [-0.2, 0) is 16.1 Å². The van der Waals surface area contributed by atoms with Gasteiger partial charge in [0, 0.05) is 34.2 Å². The number of carbonyl (C=O) groups is 2. The van der Waals surface area contributed by atoms with E-state index < -0.39 is 0 Å². The molecule has 2 amide bonds. The Morgan fingerprint density at radius 2 is 2.28 bits per heavy atom. The number of thiophene rings is 1. The van der Waals surface area contributed by atoms with E-state index in [9.17, 15) is 9.59 Å². The van der Waals surface area contributed by atoms with Crippen LogP contribution in [0.1, 0.15) is 22.6 Å². The van der Waals surface area contributed by atoms with Crippen molar-refractivity contribution in [2.75, 3.05) is 7.05 Å². The van der Waals surface area contributed by atoms with Crippen LogP contribution in [0.4, 0.5) is 0 Å². The van der Waals surface area contributed by atoms with Gasteiger partial charge in [0.25, 0.3) is 0 Å². The number of amides is 2. The molecule has 0 aliphatic carbocycles. The molecule has 0 aromatic carbocycles. The molecule has 98 valence electrons. The first-order valence-electron chi connectivity index (χ1n) is 5.77. The van der Waals surface area contributed by atoms with Crippen LogP contribution in [0, 0.1) is 6.92 Å². The van der Waals surface area contributed by atoms with E-state index in [2.05, 4.69) is 34.2 Å². The Morgan fingerprint density at radius 1 is 1.56 bits per heavy atom. The van der Waals surface area contributed by atoms with Crippen LogP contribution in [0.25, 0.3) is 0 Å². The van der Waals surface area contributed by atoms with Crippen LogP contribution in [0.15, 0.2) is 10.5 Å². The van der Waals surface area contributed by atoms with Crippen molar-refractivity contribution in [3.8, 4) is 0 Å². The van der Waals surface area contributed by atoms with Crippen molar-refractivity contribution in [1.82, 2.24) is 10.2 Å². The number of halogens is 1. The molecule has 1 N–H and O–H groups in total. The van der Waals surface area contributed by atoms with Crippen molar-refractivity contribution < 1.29 is 9.59 Å². The molecular weight excluding hydrogens is 316 g/mol. The highest BCUT2D eigenvalue weighted by molar-refractivity contribution is 9.10. The van der Waals surface area contributed by atoms with E-state index >= 15 is 0 Å². The van der Waals surface area contributed by atoms with Gasteiger partial charge in [0.2, 0.25) is 11.8 Å². The van der Waals surface area contributed by atoms with Crippen molar-refractivity contribution in [3.05, 3.63) is 20.3 Å². The molecule has 2 heterocycles. The van der Waals surface area contributed by atoms with Crippen molar-refractivity contribution >= 4 is 39.1 Å². The molecule has 1 aliphatic rings. The summed E-state index contributed by atoms with van der Waals surface area (Å²) in [5, 5.41) is 3.23. The number of imide groups is 1. The second-order valence-corrected chi connectivity index (χ2v) is 6.58. The van der Waals surface area contributed by atoms with E-state index in [1.54, 1.807) is 18.4 Å². The first-order valence-corrected chi connectivity index (χ1v) is 7.38. The maximum atomic E-state index is 11.9. The average molecular weight is 331 g/mol. The molecule has 1 aromatic heterocycles. The van der Waals surface area contributed by atoms with Gasteiger partial charge in [0.1, 0.15) is 0 Å². The summed E-state index contributed by atoms with van der Waals surface area (Å²) in [5.41, 5.74) is 0. The molecular formula is C12H15BrN2O2S. The Hall–Kier alpha value is -0.720. The van der Waals surface area contributed by atoms with E-state index in [1.165, 1.54) is 14.7 Å². The predicted molar refractivity (Wildman–Crippen MR) is 74.4 cm³/mol. The molecule has 1 fully saturated rings. The number of carbonyl (C=O) groups excluding carboxylic acids is 2. The quantitative estimate of drug-likeness (QED) is 0.863. The SMILES string of the molecule is Cc1sc(CNC2CCC(=O)N(C)C2=O)cc1Br. The van der Waals surface area contributed by atoms with Gasteiger partial charge in [-0.3, -0.25) is 14.5 Å². The summed E-state index contributed by atoms with van der Waals surface area (Å²) >= 11 is 5.18. The monoisotopic (exact) mass is 330 g/mol. The van der Waals surface area contributed by atoms with Crippen molar-refractivity contribution in [3.63, 3.8) is 0 Å². The molecule has 6 heteroatoms. The molecule has 18 heavy (non-hydrogen) atoms. The Balaban J connectivity index is 1.94. The zero-order chi connectivity index (χ0) is 13.3. The Morgan fingerprint density at radius 3 is 2.89 bits per heavy atom. The van der Waals surface area contributed by atoms with Gasteiger partial charge in [0.15, 0.2) is 0 Å². The number of piperidine rings is 1. The fourth-order valence-electron chi connectivity index (χ4n) is 1.93. The van der Waals surface area contributed by atoms with E-state index in [4.69, 9.17) is 0 Å². The van der Waals surface area contributed by atoms with Crippen LogP contribution in [0.5, 0.6) is 0 Å². The van der Waals surface area contributed by atoms with Crippen LogP contribution in [0.2, 0.25) is 0 Å². The molecule has 1 unspecified atom stereocenters. The lowest BCUT2D eigenvalue weighted by Crippen LogP contribution is -2.51. The normalized spacial score (nSPS) is 20.6. The number of hydrogen-bond acceptors (Lipinski definition) is 4. The Kier molecular flexibility index (Phi) is 4.19. The topological polar surface area (TPSA) is 49.4 Å². The van der Waals surface area contributed by atoms with Crippen molar-refractivity contribution in [2.24, 2.45) is 0 Å². The lowest BCUT2D eigenvalue weighted by molar-refractivity contribution is -0.148. The lowest BCUT2D eigenvalue weighted by atomic mass is 10.0. The number of nitrogens with zero attached hydrogens (tertiary/aromatic N) is 1. The highest BCUT2D eigenvalue weighted by Gasteiger charge is 2.31. The Bertz CT molecular complexity index is 467. The van der Waals surface area contributed by atoms with Crippen LogP contribution in [0.3, 0.4) is 0 Å². The molecule has 1 aromatic rings. The van der Waals surface area contributed by atoms with Gasteiger partial charge in [-0.25, -0.2) is 0 Å². The zero-order valence-corrected chi connectivity index (χ0v) is 12.7. The largest absolute Gasteiger partial charge is 0.301 e. The third kappa shape index (κ3) is 2.81. The summed E-state index contributed by atoms with van der Waals surface area (Å²) < 4.78 is 1.10. The van der Waals surface area contributed by atoms with Gasteiger partial charge in [-0.15, -0.1) is 11.3 Å². The summed E-state index contributed by atoms with van der Waals surface area (Å²) in [6, 6.07) is 1.82. The van der Waals surface area contributed by atoms with Crippen LogP contribution in [-0.4, -0.2) is 29.8 Å². The van der Waals surface area contributed by atoms with E-state index in [0.29, 0.717) is 19.4 Å². The first kappa shape index (κ1) is 13.7. The number of nitrogens with one attached hydrogen (secondary N) is 1. The lowest BCUT2D eigenvalue weighted by Gasteiger charge is -2.28. The molecule has 2 rings (SSSR count). The van der Waals surface area contributed by atoms with E-state index in [0.717, 1.165) is 4.47 Å². The average Bonchev–Trinajstić information content (AvgIpc) is 2.65. The summed E-state index contributed by atoms with van der Waals surface area (Å²) in [5.74, 6) is -0.216. The first-order chi connectivity index (χ1) is 8.49. The minimum atomic E-state index is -0.242. The number of likely N-dealkylation sites (tertiary alicyclic amines) is 1. The molecule has 0 radical (unpaired) electrons. The molecule has 1 atom stereocenters. The second kappa shape index (κ2) is 5.50. The number of aryl methyl sites for hydroxylation is 1. The zero-order valence-electron chi connectivity index (χ0n) is 10.3. The minimum Gasteiger partial charge on any atom is -0.301 e. The van der Waals surface area contributed by atoms with Gasteiger partial charge >= 0.3 is 0 Å². The van der Waals surface area contributed by atoms with E-state index in [-0.39, 0.29) is 17.9 Å². The van der Waals surface area contributed by atoms with E-state index in [1.807, 2.05) is 0 Å². The third-order valence-electron chi connectivity index (χ3n) is 3.08. The molecule has 1 aliphatic heterocycles. The van der Waals surface area contributed by atoms with Gasteiger partial charge < -0.3 is 5.32 Å². The molecule has 0 spiro atoms. The summed E-state index contributed by atoms with van der Waals surface area (Å²) in [7, 11) is 1.55. The highest BCUT2D eigenvalue weighted by Crippen LogP contribution is 2.26. The predicted octanol–water partition coefficient (Wildman–Crippen LogP) is 2.06. The number of hydrogen-bond donors (Lipinski definition) is 1. The summed E-state index contributed by atoms with van der Waals surface area (Å²) in [6.45, 7) is 2.71. The summed E-state index contributed by atoms with van der Waals surface area (Å²) in [6.07, 6.45) is 1.03. The highest BCUT2D eigenvalue weighted by atomic mass is 79.9. The molecule has 0 bridgehead atoms. The minimum absolute atomic E-state index is 0.0900. The maximum absolute atomic E-state index is 11.9. The number of rotatable bonds is 3. The van der Waals surface area contributed by atoms with Gasteiger partial charge in [0.05, 0.1) is 6.04 Å². The standard InChI is InChI=1S/C12H15BrN2O2S/c1-7-9(13)5-8(18-7)6-14-10-3-4-11(16)15(2)12(10)17/h5,10,14H,3-4,6H2,1-2H3. The van der Waals surface area contributed by atoms with Crippen LogP contribution >= 0.6 is 27.3 Å². The molecule has 4 nitrogen and oxygen atoms in total. The van der Waals surface area contributed by atoms with Gasteiger partial charge in [-0.2, -0.15) is 0 Å². The smallest absolute Gasteiger partial charge is 0.246 e. The van der Waals surface area contributed by atoms with Crippen molar-refractivity contribution in [1.29, 1.82) is 0 Å². The van der Waals surface area contributed by atoms with Crippen molar-refractivity contribution in [2.45, 2.75) is 32.4 Å². The van der Waals surface area contributed by atoms with Crippen LogP contribution < -0.4 is 5.32 Å². The molecule has 1 saturated heterocycles. The fourth-order valence-corrected chi connectivity index (χ4v) is 3.49. The third-order valence-corrected chi connectivity index (χ3v) is 5.22.